The molecular formula is C10H8N2O3. The molecule has 1 saturated carbocycles. The molecule has 0 spiro atoms. The number of rotatable bonds is 1. The van der Waals surface area contributed by atoms with Crippen LogP contribution in [-0.4, -0.2) is 16.8 Å². The predicted molar refractivity (Wildman–Crippen MR) is 50.8 cm³/mol. The molecule has 2 N–H and O–H groups in total. The van der Waals surface area contributed by atoms with Gasteiger partial charge >= 0.3 is 0 Å². The first kappa shape index (κ1) is 8.40. The van der Waals surface area contributed by atoms with Crippen LogP contribution in [0.4, 0.5) is 0 Å². The SMILES string of the molecule is O=C1NC(=O)c2c1cc(C1CC1)[nH]c2=O. The number of hydrogen-bond acceptors (Lipinski definition) is 3. The van der Waals surface area contributed by atoms with Crippen LogP contribution in [0.1, 0.15) is 45.2 Å². The fourth-order valence-electron chi connectivity index (χ4n) is 1.83. The molecule has 1 aromatic rings. The van der Waals surface area contributed by atoms with Crippen molar-refractivity contribution in [2.45, 2.75) is 18.8 Å². The number of nitrogens with one attached hydrogen (secondary N) is 2. The van der Waals surface area contributed by atoms with Crippen molar-refractivity contribution in [1.82, 2.24) is 10.3 Å². The summed E-state index contributed by atoms with van der Waals surface area (Å²) in [5.41, 5.74) is 0.469. The number of carbonyl (C=O) groups is 2. The molecule has 5 nitrogen and oxygen atoms in total. The lowest BCUT2D eigenvalue weighted by Gasteiger charge is -1.99. The van der Waals surface area contributed by atoms with E-state index in [0.717, 1.165) is 18.5 Å². The molecular weight excluding hydrogens is 196 g/mol. The van der Waals surface area contributed by atoms with Gasteiger partial charge in [-0.15, -0.1) is 0 Å². The van der Waals surface area contributed by atoms with Crippen LogP contribution in [0.3, 0.4) is 0 Å². The fraction of sp³-hybridized carbons (Fsp3) is 0.300. The van der Waals surface area contributed by atoms with E-state index in [-0.39, 0.29) is 11.1 Å². The van der Waals surface area contributed by atoms with Gasteiger partial charge in [-0.1, -0.05) is 0 Å². The molecule has 15 heavy (non-hydrogen) atoms. The van der Waals surface area contributed by atoms with Crippen molar-refractivity contribution in [3.05, 3.63) is 33.2 Å². The summed E-state index contributed by atoms with van der Waals surface area (Å²) < 4.78 is 0. The number of amides is 2. The van der Waals surface area contributed by atoms with E-state index >= 15 is 0 Å². The molecule has 0 bridgehead atoms. The van der Waals surface area contributed by atoms with E-state index in [9.17, 15) is 14.4 Å². The molecule has 1 fully saturated rings. The molecule has 1 aliphatic heterocycles. The largest absolute Gasteiger partial charge is 0.325 e. The average molecular weight is 204 g/mol. The van der Waals surface area contributed by atoms with E-state index in [1.807, 2.05) is 0 Å². The number of H-pyrrole nitrogens is 1. The van der Waals surface area contributed by atoms with Gasteiger partial charge in [-0.3, -0.25) is 19.7 Å². The minimum absolute atomic E-state index is 0.0515. The summed E-state index contributed by atoms with van der Waals surface area (Å²) in [4.78, 5) is 36.8. The molecule has 0 unspecified atom stereocenters. The molecule has 0 aromatic carbocycles. The highest BCUT2D eigenvalue weighted by Crippen LogP contribution is 2.39. The lowest BCUT2D eigenvalue weighted by molar-refractivity contribution is 0.0879. The maximum Gasteiger partial charge on any atom is 0.264 e. The molecule has 3 rings (SSSR count). The van der Waals surface area contributed by atoms with E-state index in [1.54, 1.807) is 6.07 Å². The third kappa shape index (κ3) is 1.12. The van der Waals surface area contributed by atoms with Crippen LogP contribution in [0.2, 0.25) is 0 Å². The van der Waals surface area contributed by atoms with Gasteiger partial charge < -0.3 is 4.98 Å². The number of pyridine rings is 1. The summed E-state index contributed by atoms with van der Waals surface area (Å²) >= 11 is 0. The fourth-order valence-corrected chi connectivity index (χ4v) is 1.83. The second kappa shape index (κ2) is 2.56. The Bertz CT molecular complexity index is 540. The highest BCUT2D eigenvalue weighted by molar-refractivity contribution is 6.21. The molecule has 1 aromatic heterocycles. The van der Waals surface area contributed by atoms with Crippen LogP contribution in [0.15, 0.2) is 10.9 Å². The third-order valence-electron chi connectivity index (χ3n) is 2.77. The van der Waals surface area contributed by atoms with Crippen molar-refractivity contribution in [1.29, 1.82) is 0 Å². The predicted octanol–water partition coefficient (Wildman–Crippen LogP) is 0.136. The second-order valence-corrected chi connectivity index (χ2v) is 3.90. The summed E-state index contributed by atoms with van der Waals surface area (Å²) in [7, 11) is 0. The Morgan fingerprint density at radius 1 is 1.13 bits per heavy atom. The molecule has 2 amide bonds. The Hall–Kier alpha value is -1.91. The quantitative estimate of drug-likeness (QED) is 0.638. The van der Waals surface area contributed by atoms with Crippen LogP contribution in [0.5, 0.6) is 0 Å². The van der Waals surface area contributed by atoms with Crippen molar-refractivity contribution in [3.63, 3.8) is 0 Å². The molecule has 0 radical (unpaired) electrons. The summed E-state index contributed by atoms with van der Waals surface area (Å²) in [6, 6.07) is 1.62. The summed E-state index contributed by atoms with van der Waals surface area (Å²) in [6.07, 6.45) is 2.06. The van der Waals surface area contributed by atoms with Crippen LogP contribution in [0, 0.1) is 0 Å². The average Bonchev–Trinajstić information content (AvgIpc) is 2.95. The number of aromatic nitrogens is 1. The van der Waals surface area contributed by atoms with Crippen molar-refractivity contribution in [2.75, 3.05) is 0 Å². The van der Waals surface area contributed by atoms with Gasteiger partial charge in [0.2, 0.25) is 0 Å². The lowest BCUT2D eigenvalue weighted by Crippen LogP contribution is -2.23. The van der Waals surface area contributed by atoms with Crippen molar-refractivity contribution < 1.29 is 9.59 Å². The maximum atomic E-state index is 11.6. The Labute approximate surface area is 84.5 Å². The third-order valence-corrected chi connectivity index (χ3v) is 2.77. The molecule has 2 aliphatic rings. The normalized spacial score (nSPS) is 18.9. The minimum Gasteiger partial charge on any atom is -0.325 e. The Balaban J connectivity index is 2.26. The van der Waals surface area contributed by atoms with E-state index in [4.69, 9.17) is 0 Å². The highest BCUT2D eigenvalue weighted by Gasteiger charge is 2.33. The zero-order valence-electron chi connectivity index (χ0n) is 7.79. The van der Waals surface area contributed by atoms with Gasteiger partial charge in [0.15, 0.2) is 0 Å². The summed E-state index contributed by atoms with van der Waals surface area (Å²) in [6.45, 7) is 0. The second-order valence-electron chi connectivity index (χ2n) is 3.90. The number of imide groups is 1. The number of hydrogen-bond donors (Lipinski definition) is 2. The zero-order valence-corrected chi connectivity index (χ0v) is 7.79. The van der Waals surface area contributed by atoms with Gasteiger partial charge in [-0.05, 0) is 24.8 Å². The van der Waals surface area contributed by atoms with Crippen LogP contribution in [0.25, 0.3) is 0 Å². The van der Waals surface area contributed by atoms with Gasteiger partial charge in [-0.2, -0.15) is 0 Å². The molecule has 5 heteroatoms. The topological polar surface area (TPSA) is 79.0 Å². The molecule has 0 atom stereocenters. The highest BCUT2D eigenvalue weighted by atomic mass is 16.2. The molecule has 76 valence electrons. The zero-order chi connectivity index (χ0) is 10.6. The van der Waals surface area contributed by atoms with E-state index in [1.165, 1.54) is 0 Å². The lowest BCUT2D eigenvalue weighted by atomic mass is 10.1. The first-order valence-corrected chi connectivity index (χ1v) is 4.79. The first-order valence-electron chi connectivity index (χ1n) is 4.79. The van der Waals surface area contributed by atoms with E-state index in [0.29, 0.717) is 5.92 Å². The number of fused-ring (bicyclic) bond motifs is 1. The Morgan fingerprint density at radius 2 is 1.87 bits per heavy atom. The van der Waals surface area contributed by atoms with Crippen LogP contribution < -0.4 is 10.9 Å². The van der Waals surface area contributed by atoms with Crippen LogP contribution >= 0.6 is 0 Å². The van der Waals surface area contributed by atoms with Crippen molar-refractivity contribution in [2.24, 2.45) is 0 Å². The smallest absolute Gasteiger partial charge is 0.264 e. The van der Waals surface area contributed by atoms with Gasteiger partial charge in [0, 0.05) is 5.69 Å². The molecule has 1 aliphatic carbocycles. The van der Waals surface area contributed by atoms with Gasteiger partial charge in [-0.25, -0.2) is 0 Å². The van der Waals surface area contributed by atoms with Crippen molar-refractivity contribution >= 4 is 11.8 Å². The number of aromatic amines is 1. The first-order chi connectivity index (χ1) is 7.16. The Morgan fingerprint density at radius 3 is 2.53 bits per heavy atom. The number of carbonyl (C=O) groups excluding carboxylic acids is 2. The van der Waals surface area contributed by atoms with E-state index in [2.05, 4.69) is 10.3 Å². The van der Waals surface area contributed by atoms with Crippen molar-refractivity contribution in [3.8, 4) is 0 Å². The van der Waals surface area contributed by atoms with Crippen LogP contribution in [-0.2, 0) is 0 Å². The Kier molecular flexibility index (Phi) is 1.44. The van der Waals surface area contributed by atoms with E-state index < -0.39 is 17.4 Å². The standard InChI is InChI=1S/C10H8N2O3/c13-8-5-3-6(4-1-2-4)11-9(14)7(5)10(15)12-8/h3-4H,1-2H2,(H,11,14)(H,12,13,15). The molecule has 0 saturated heterocycles. The monoisotopic (exact) mass is 204 g/mol. The maximum absolute atomic E-state index is 11.6. The van der Waals surface area contributed by atoms with Gasteiger partial charge in [0.05, 0.1) is 5.56 Å². The van der Waals surface area contributed by atoms with Gasteiger partial charge in [0.25, 0.3) is 17.4 Å². The minimum atomic E-state index is -0.599. The molecule has 2 heterocycles. The summed E-state index contributed by atoms with van der Waals surface area (Å²) in [5.74, 6) is -0.715. The van der Waals surface area contributed by atoms with Gasteiger partial charge in [0.1, 0.15) is 5.56 Å². The summed E-state index contributed by atoms with van der Waals surface area (Å²) in [5, 5.41) is 2.11.